The van der Waals surface area contributed by atoms with E-state index in [1.54, 1.807) is 25.1 Å². The van der Waals surface area contributed by atoms with Gasteiger partial charge in [-0.2, -0.15) is 0 Å². The van der Waals surface area contributed by atoms with E-state index in [9.17, 15) is 37.5 Å². The number of hydrogen-bond donors (Lipinski definition) is 1. The molecule has 49 heavy (non-hydrogen) atoms. The molecule has 2 heterocycles. The molecule has 3 fully saturated rings. The van der Waals surface area contributed by atoms with Crippen LogP contribution in [0.15, 0.2) is 48.0 Å². The molecule has 0 bridgehead atoms. The Morgan fingerprint density at radius 1 is 0.776 bits per heavy atom. The number of aryl methyl sites for hydroxylation is 2. The molecule has 1 N–H and O–H groups in total. The van der Waals surface area contributed by atoms with Crippen molar-refractivity contribution in [3.63, 3.8) is 0 Å². The van der Waals surface area contributed by atoms with Gasteiger partial charge in [-0.25, -0.2) is 31.8 Å². The molecule has 0 spiro atoms. The quantitative estimate of drug-likeness (QED) is 0.0771. The van der Waals surface area contributed by atoms with Gasteiger partial charge < -0.3 is 5.11 Å². The summed E-state index contributed by atoms with van der Waals surface area (Å²) in [4.78, 5) is 52.0. The minimum absolute atomic E-state index is 0.0174. The fourth-order valence-electron chi connectivity index (χ4n) is 7.77. The van der Waals surface area contributed by atoms with Crippen LogP contribution in [0.2, 0.25) is 5.02 Å². The molecule has 4 amide bonds. The van der Waals surface area contributed by atoms with Gasteiger partial charge in [0, 0.05) is 10.9 Å². The maximum Gasteiger partial charge on any atom is 0.258 e. The summed E-state index contributed by atoms with van der Waals surface area (Å²) in [5.74, 6) is -21.4. The molecule has 2 aliphatic heterocycles. The molecule has 3 aromatic carbocycles. The van der Waals surface area contributed by atoms with Crippen molar-refractivity contribution in [3.8, 4) is 5.75 Å². The zero-order chi connectivity index (χ0) is 35.6. The van der Waals surface area contributed by atoms with Crippen molar-refractivity contribution in [1.82, 2.24) is 0 Å². The number of hydrogen-bond acceptors (Lipinski definition) is 5. The number of carbonyl (C=O) groups is 4. The Labute approximate surface area is 289 Å². The standard InChI is InChI=1S/C34H22Cl3F5N2O5/c1-12-3-5-15(10-19(12)35)43-29(46)17-7-6-16-18(21(17)30(43)47)11-33(36)31(48)44(28-26(41)24(39)23(38)25(40)27(28)42)32(49)34(33,37)22(16)14-4-8-20(45)13(2)9-14/h3-6,8-10,17-18,21-22,45H,7,11H2,1-2H3. The zero-order valence-corrected chi connectivity index (χ0v) is 27.5. The van der Waals surface area contributed by atoms with E-state index in [0.29, 0.717) is 16.2 Å². The Bertz CT molecular complexity index is 2080. The van der Waals surface area contributed by atoms with Gasteiger partial charge in [0.15, 0.2) is 33.0 Å². The Hall–Kier alpha value is -4.00. The lowest BCUT2D eigenvalue weighted by atomic mass is 9.56. The van der Waals surface area contributed by atoms with Crippen molar-refractivity contribution in [1.29, 1.82) is 0 Å². The van der Waals surface area contributed by atoms with Crippen LogP contribution in [0.3, 0.4) is 0 Å². The minimum Gasteiger partial charge on any atom is -0.508 e. The third-order valence-electron chi connectivity index (χ3n) is 10.2. The summed E-state index contributed by atoms with van der Waals surface area (Å²) < 4.78 is 73.2. The average Bonchev–Trinajstić information content (AvgIpc) is 3.40. The number of phenols is 1. The van der Waals surface area contributed by atoms with Gasteiger partial charge in [-0.3, -0.25) is 19.2 Å². The molecular weight excluding hydrogens is 718 g/mol. The van der Waals surface area contributed by atoms with Crippen molar-refractivity contribution >= 4 is 69.8 Å². The van der Waals surface area contributed by atoms with Crippen LogP contribution in [0, 0.1) is 60.7 Å². The van der Waals surface area contributed by atoms with Crippen LogP contribution in [0.25, 0.3) is 0 Å². The normalized spacial score (nSPS) is 29.3. The first-order valence-corrected chi connectivity index (χ1v) is 16.0. The Kier molecular flexibility index (Phi) is 7.52. The highest BCUT2D eigenvalue weighted by Crippen LogP contribution is 2.66. The molecule has 15 heteroatoms. The molecular formula is C34H22Cl3F5N2O5. The summed E-state index contributed by atoms with van der Waals surface area (Å²) in [6.45, 7) is 3.25. The van der Waals surface area contributed by atoms with E-state index in [1.807, 2.05) is 0 Å². The van der Waals surface area contributed by atoms with E-state index in [1.165, 1.54) is 31.2 Å². The number of benzene rings is 3. The minimum atomic E-state index is -2.65. The number of fused-ring (bicyclic) bond motifs is 4. The third-order valence-corrected chi connectivity index (χ3v) is 12.0. The number of alkyl halides is 2. The van der Waals surface area contributed by atoms with Crippen LogP contribution in [0.1, 0.15) is 35.4 Å². The van der Waals surface area contributed by atoms with E-state index in [-0.39, 0.29) is 33.9 Å². The molecule has 2 saturated heterocycles. The van der Waals surface area contributed by atoms with Crippen LogP contribution in [-0.4, -0.2) is 38.5 Å². The molecule has 2 aliphatic carbocycles. The second-order valence-electron chi connectivity index (χ2n) is 12.7. The van der Waals surface area contributed by atoms with Crippen LogP contribution in [0.4, 0.5) is 33.3 Å². The van der Waals surface area contributed by atoms with Crippen molar-refractivity contribution < 1.29 is 46.2 Å². The number of amides is 4. The van der Waals surface area contributed by atoms with Gasteiger partial charge in [-0.15, -0.1) is 23.2 Å². The van der Waals surface area contributed by atoms with E-state index < -0.39 is 98.2 Å². The highest BCUT2D eigenvalue weighted by Gasteiger charge is 2.77. The van der Waals surface area contributed by atoms with Crippen molar-refractivity contribution in [2.45, 2.75) is 42.4 Å². The number of carbonyl (C=O) groups excluding carboxylic acids is 4. The maximum absolute atomic E-state index is 15.2. The van der Waals surface area contributed by atoms with Gasteiger partial charge in [-0.1, -0.05) is 41.4 Å². The van der Waals surface area contributed by atoms with Gasteiger partial charge in [0.05, 0.1) is 17.5 Å². The predicted molar refractivity (Wildman–Crippen MR) is 168 cm³/mol. The topological polar surface area (TPSA) is 95.0 Å². The van der Waals surface area contributed by atoms with E-state index in [0.717, 1.165) is 4.90 Å². The van der Waals surface area contributed by atoms with Gasteiger partial charge >= 0.3 is 0 Å². The number of halogens is 8. The second-order valence-corrected chi connectivity index (χ2v) is 14.3. The first-order valence-electron chi connectivity index (χ1n) is 14.9. The summed E-state index contributed by atoms with van der Waals surface area (Å²) in [5.41, 5.74) is -0.203. The lowest BCUT2D eigenvalue weighted by Crippen LogP contribution is -2.60. The molecule has 7 nitrogen and oxygen atoms in total. The summed E-state index contributed by atoms with van der Waals surface area (Å²) in [5, 5.41) is 10.6. The van der Waals surface area contributed by atoms with Gasteiger partial charge in [0.1, 0.15) is 11.4 Å². The molecule has 1 saturated carbocycles. The van der Waals surface area contributed by atoms with E-state index >= 15 is 8.78 Å². The number of anilines is 2. The Morgan fingerprint density at radius 3 is 2.02 bits per heavy atom. The van der Waals surface area contributed by atoms with Crippen molar-refractivity contribution in [2.24, 2.45) is 17.8 Å². The molecule has 7 rings (SSSR count). The van der Waals surface area contributed by atoms with Crippen molar-refractivity contribution in [3.05, 3.63) is 98.8 Å². The maximum atomic E-state index is 15.2. The zero-order valence-electron chi connectivity index (χ0n) is 25.3. The van der Waals surface area contributed by atoms with Crippen LogP contribution >= 0.6 is 34.8 Å². The second kappa shape index (κ2) is 11.0. The number of imide groups is 2. The number of allylic oxidation sites excluding steroid dienone is 2. The monoisotopic (exact) mass is 738 g/mol. The van der Waals surface area contributed by atoms with E-state index in [2.05, 4.69) is 0 Å². The van der Waals surface area contributed by atoms with Crippen molar-refractivity contribution in [2.75, 3.05) is 9.80 Å². The Morgan fingerprint density at radius 2 is 1.41 bits per heavy atom. The number of nitrogens with zero attached hydrogens (tertiary/aromatic N) is 2. The average molecular weight is 740 g/mol. The summed E-state index contributed by atoms with van der Waals surface area (Å²) >= 11 is 20.5. The SMILES string of the molecule is Cc1cc(C2C3=CCC4C(=O)N(c5ccc(C)c(Cl)c5)C(=O)C4C3CC3(Cl)C(=O)N(c4c(F)c(F)c(F)c(F)c4F)C(=O)C23Cl)ccc1O. The van der Waals surface area contributed by atoms with Gasteiger partial charge in [0.25, 0.3) is 11.8 Å². The smallest absolute Gasteiger partial charge is 0.258 e. The Balaban J connectivity index is 1.43. The molecule has 0 radical (unpaired) electrons. The number of phenolic OH excluding ortho intramolecular Hbond substituents is 1. The van der Waals surface area contributed by atoms with Gasteiger partial charge in [0.2, 0.25) is 17.6 Å². The highest BCUT2D eigenvalue weighted by atomic mass is 35.5. The molecule has 6 unspecified atom stereocenters. The molecule has 0 aromatic heterocycles. The summed E-state index contributed by atoms with van der Waals surface area (Å²) in [7, 11) is 0. The predicted octanol–water partition coefficient (Wildman–Crippen LogP) is 7.13. The molecule has 6 atom stereocenters. The molecule has 3 aromatic rings. The van der Waals surface area contributed by atoms with Crippen LogP contribution < -0.4 is 9.80 Å². The third kappa shape index (κ3) is 4.26. The number of aromatic hydroxyl groups is 1. The summed E-state index contributed by atoms with van der Waals surface area (Å²) in [6.07, 6.45) is 0.946. The lowest BCUT2D eigenvalue weighted by Gasteiger charge is -2.50. The lowest BCUT2D eigenvalue weighted by molar-refractivity contribution is -0.125. The van der Waals surface area contributed by atoms with E-state index in [4.69, 9.17) is 34.8 Å². The fourth-order valence-corrected chi connectivity index (χ4v) is 8.88. The molecule has 254 valence electrons. The van der Waals surface area contributed by atoms with Crippen LogP contribution in [-0.2, 0) is 19.2 Å². The first kappa shape index (κ1) is 33.5. The first-order chi connectivity index (χ1) is 23.0. The molecule has 4 aliphatic rings. The van der Waals surface area contributed by atoms with Crippen LogP contribution in [0.5, 0.6) is 5.75 Å². The largest absolute Gasteiger partial charge is 0.508 e. The fraction of sp³-hybridized carbons (Fsp3) is 0.294. The van der Waals surface area contributed by atoms with Gasteiger partial charge in [-0.05, 0) is 67.5 Å². The highest BCUT2D eigenvalue weighted by molar-refractivity contribution is 6.58. The number of rotatable bonds is 3. The summed E-state index contributed by atoms with van der Waals surface area (Å²) in [6, 6.07) is 8.68.